The van der Waals surface area contributed by atoms with Crippen LogP contribution in [0.5, 0.6) is 5.75 Å². The summed E-state index contributed by atoms with van der Waals surface area (Å²) in [5.41, 5.74) is 9.84. The van der Waals surface area contributed by atoms with E-state index in [1.807, 2.05) is 6.07 Å². The van der Waals surface area contributed by atoms with Crippen LogP contribution in [0.25, 0.3) is 55.7 Å². The number of hydrogen-bond acceptors (Lipinski definition) is 4. The first-order valence-corrected chi connectivity index (χ1v) is 14.9. The van der Waals surface area contributed by atoms with Gasteiger partial charge in [-0.2, -0.15) is 0 Å². The third-order valence-electron chi connectivity index (χ3n) is 8.68. The molecule has 0 atom stereocenters. The molecule has 42 heavy (non-hydrogen) atoms. The zero-order chi connectivity index (χ0) is 28.6. The molecule has 4 aromatic carbocycles. The highest BCUT2D eigenvalue weighted by Gasteiger charge is 2.22. The Labute approximate surface area is 247 Å². The van der Waals surface area contributed by atoms with Gasteiger partial charge < -0.3 is 14.2 Å². The smallest absolute Gasteiger partial charge is 0.141 e. The molecule has 6 aromatic rings. The first kappa shape index (κ1) is 26.3. The van der Waals surface area contributed by atoms with E-state index in [2.05, 4.69) is 115 Å². The molecule has 0 spiro atoms. The molecule has 1 aliphatic rings. The fourth-order valence-corrected chi connectivity index (χ4v) is 6.42. The number of ether oxygens (including phenoxy) is 1. The van der Waals surface area contributed by atoms with Gasteiger partial charge >= 0.3 is 0 Å². The van der Waals surface area contributed by atoms with Gasteiger partial charge in [-0.3, -0.25) is 0 Å². The number of pyridine rings is 1. The fraction of sp³-hybridized carbons (Fsp3) is 0.243. The van der Waals surface area contributed by atoms with Crippen molar-refractivity contribution in [1.82, 2.24) is 14.5 Å². The van der Waals surface area contributed by atoms with Gasteiger partial charge in [-0.05, 0) is 84.6 Å². The minimum absolute atomic E-state index is 0.496. The molecule has 5 nitrogen and oxygen atoms in total. The van der Waals surface area contributed by atoms with Crippen LogP contribution in [0.3, 0.4) is 0 Å². The highest BCUT2D eigenvalue weighted by Crippen LogP contribution is 2.38. The van der Waals surface area contributed by atoms with Crippen LogP contribution in [0.1, 0.15) is 38.1 Å². The molecule has 1 saturated carbocycles. The first-order chi connectivity index (χ1) is 20.6. The van der Waals surface area contributed by atoms with Crippen molar-refractivity contribution in [2.45, 2.75) is 38.1 Å². The Hall–Kier alpha value is -4.64. The van der Waals surface area contributed by atoms with E-state index in [1.54, 1.807) is 7.11 Å². The van der Waals surface area contributed by atoms with E-state index >= 15 is 0 Å². The van der Waals surface area contributed by atoms with Crippen molar-refractivity contribution in [2.24, 2.45) is 0 Å². The second-order valence-corrected chi connectivity index (χ2v) is 11.5. The molecule has 0 unspecified atom stereocenters. The SMILES string of the molecule is COc1ccc(-c2ccc(N(C)C)cc2)c(-c2ccc3cc(-c4nc5ccccc5n4C4CCCCC4)ccc3n2)c1. The molecule has 0 saturated heterocycles. The van der Waals surface area contributed by atoms with Gasteiger partial charge in [0, 0.05) is 42.3 Å². The second kappa shape index (κ2) is 11.0. The van der Waals surface area contributed by atoms with Crippen LogP contribution in [0.15, 0.2) is 97.1 Å². The number of fused-ring (bicyclic) bond motifs is 2. The van der Waals surface area contributed by atoms with Gasteiger partial charge in [0.1, 0.15) is 11.6 Å². The largest absolute Gasteiger partial charge is 0.497 e. The van der Waals surface area contributed by atoms with Crippen LogP contribution in [0.4, 0.5) is 5.69 Å². The maximum absolute atomic E-state index is 5.61. The van der Waals surface area contributed by atoms with E-state index in [4.69, 9.17) is 14.7 Å². The maximum Gasteiger partial charge on any atom is 0.141 e. The molecule has 0 aliphatic heterocycles. The van der Waals surface area contributed by atoms with Gasteiger partial charge in [-0.25, -0.2) is 9.97 Å². The Morgan fingerprint density at radius 3 is 2.29 bits per heavy atom. The highest BCUT2D eigenvalue weighted by molar-refractivity contribution is 5.90. The van der Waals surface area contributed by atoms with Gasteiger partial charge in [-0.15, -0.1) is 0 Å². The summed E-state index contributed by atoms with van der Waals surface area (Å²) in [4.78, 5) is 12.4. The molecule has 210 valence electrons. The number of hydrogen-bond donors (Lipinski definition) is 0. The van der Waals surface area contributed by atoms with Crippen LogP contribution in [0.2, 0.25) is 0 Å². The molecule has 0 N–H and O–H groups in total. The summed E-state index contributed by atoms with van der Waals surface area (Å²) in [7, 11) is 5.83. The summed E-state index contributed by atoms with van der Waals surface area (Å²) in [6.07, 6.45) is 6.33. The average Bonchev–Trinajstić information content (AvgIpc) is 3.44. The summed E-state index contributed by atoms with van der Waals surface area (Å²) in [5, 5.41) is 1.11. The summed E-state index contributed by atoms with van der Waals surface area (Å²) < 4.78 is 8.11. The van der Waals surface area contributed by atoms with E-state index < -0.39 is 0 Å². The molecule has 1 aliphatic carbocycles. The molecule has 5 heteroatoms. The summed E-state index contributed by atoms with van der Waals surface area (Å²) in [6, 6.07) is 34.8. The van der Waals surface area contributed by atoms with E-state index in [1.165, 1.54) is 43.3 Å². The van der Waals surface area contributed by atoms with Crippen molar-refractivity contribution in [2.75, 3.05) is 26.1 Å². The van der Waals surface area contributed by atoms with Crippen molar-refractivity contribution < 1.29 is 4.74 Å². The molecule has 7 rings (SSSR count). The van der Waals surface area contributed by atoms with Crippen LogP contribution in [0, 0.1) is 0 Å². The van der Waals surface area contributed by atoms with Gasteiger partial charge in [0.05, 0.1) is 29.4 Å². The van der Waals surface area contributed by atoms with Gasteiger partial charge in [0.2, 0.25) is 0 Å². The predicted molar refractivity (Wildman–Crippen MR) is 174 cm³/mol. The lowest BCUT2D eigenvalue weighted by molar-refractivity contribution is 0.362. The zero-order valence-electron chi connectivity index (χ0n) is 24.5. The lowest BCUT2D eigenvalue weighted by Crippen LogP contribution is -2.13. The molecular weight excluding hydrogens is 516 g/mol. The lowest BCUT2D eigenvalue weighted by Gasteiger charge is -2.25. The van der Waals surface area contributed by atoms with Crippen molar-refractivity contribution >= 4 is 27.6 Å². The monoisotopic (exact) mass is 552 g/mol. The number of imidazole rings is 1. The molecule has 0 amide bonds. The Kier molecular flexibility index (Phi) is 6.87. The summed E-state index contributed by atoms with van der Waals surface area (Å²) in [5.74, 6) is 1.88. The number of benzene rings is 4. The number of rotatable bonds is 6. The minimum Gasteiger partial charge on any atom is -0.497 e. The normalized spacial score (nSPS) is 14.0. The van der Waals surface area contributed by atoms with Gasteiger partial charge in [0.25, 0.3) is 0 Å². The Bertz CT molecular complexity index is 1880. The number of anilines is 1. The second-order valence-electron chi connectivity index (χ2n) is 11.5. The standard InChI is InChI=1S/C37H36N4O/c1-40(2)28-17-13-25(14-18-28)31-20-19-30(42-3)24-32(31)34-22-15-26-23-27(16-21-33(26)38-34)37-39-35-11-7-8-12-36(35)41(37)29-9-5-4-6-10-29/h7-8,11-24,29H,4-6,9-10H2,1-3H3. The average molecular weight is 553 g/mol. The minimum atomic E-state index is 0.496. The van der Waals surface area contributed by atoms with Crippen molar-refractivity contribution in [1.29, 1.82) is 0 Å². The van der Waals surface area contributed by atoms with Gasteiger partial charge in [-0.1, -0.05) is 55.7 Å². The maximum atomic E-state index is 5.61. The lowest BCUT2D eigenvalue weighted by atomic mass is 9.94. The molecule has 1 fully saturated rings. The molecule has 0 bridgehead atoms. The quantitative estimate of drug-likeness (QED) is 0.207. The highest BCUT2D eigenvalue weighted by atomic mass is 16.5. The number of methoxy groups -OCH3 is 1. The Morgan fingerprint density at radius 1 is 0.714 bits per heavy atom. The molecule has 0 radical (unpaired) electrons. The van der Waals surface area contributed by atoms with Crippen molar-refractivity contribution in [3.05, 3.63) is 97.1 Å². The van der Waals surface area contributed by atoms with Crippen LogP contribution < -0.4 is 9.64 Å². The number of aromatic nitrogens is 3. The molecule has 2 heterocycles. The fourth-order valence-electron chi connectivity index (χ4n) is 6.42. The van der Waals surface area contributed by atoms with E-state index in [0.717, 1.165) is 55.9 Å². The first-order valence-electron chi connectivity index (χ1n) is 14.9. The third kappa shape index (κ3) is 4.79. The zero-order valence-corrected chi connectivity index (χ0v) is 24.5. The number of para-hydroxylation sites is 2. The van der Waals surface area contributed by atoms with Crippen LogP contribution in [-0.4, -0.2) is 35.7 Å². The summed E-state index contributed by atoms with van der Waals surface area (Å²) >= 11 is 0. The Morgan fingerprint density at radius 2 is 1.50 bits per heavy atom. The van der Waals surface area contributed by atoms with Crippen LogP contribution in [-0.2, 0) is 0 Å². The van der Waals surface area contributed by atoms with Crippen molar-refractivity contribution in [3.8, 4) is 39.5 Å². The molecular formula is C37H36N4O. The molecule has 2 aromatic heterocycles. The Balaban J connectivity index is 1.30. The van der Waals surface area contributed by atoms with E-state index in [9.17, 15) is 0 Å². The third-order valence-corrected chi connectivity index (χ3v) is 8.68. The topological polar surface area (TPSA) is 43.2 Å². The summed E-state index contributed by atoms with van der Waals surface area (Å²) in [6.45, 7) is 0. The predicted octanol–water partition coefficient (Wildman–Crippen LogP) is 9.17. The van der Waals surface area contributed by atoms with Crippen molar-refractivity contribution in [3.63, 3.8) is 0 Å². The van der Waals surface area contributed by atoms with E-state index in [0.29, 0.717) is 6.04 Å². The van der Waals surface area contributed by atoms with E-state index in [-0.39, 0.29) is 0 Å². The number of nitrogens with zero attached hydrogens (tertiary/aromatic N) is 4. The van der Waals surface area contributed by atoms with Crippen LogP contribution >= 0.6 is 0 Å². The van der Waals surface area contributed by atoms with Gasteiger partial charge in [0.15, 0.2) is 0 Å².